The smallest absolute Gasteiger partial charge is 0.165 e. The Morgan fingerprint density at radius 1 is 0.143 bits per heavy atom. The minimum atomic E-state index is 0.625. The number of nitrogens with zero attached hydrogens (tertiary/aromatic N) is 9. The number of hydrogen-bond acceptors (Lipinski definition) is 12. The summed E-state index contributed by atoms with van der Waals surface area (Å²) in [6.45, 7) is 0. The topological polar surface area (TPSA) is 129 Å². The van der Waals surface area contributed by atoms with E-state index in [2.05, 4.69) is 352 Å². The summed E-state index contributed by atoms with van der Waals surface area (Å²) in [5.74, 6) is 5.92. The van der Waals surface area contributed by atoms with Gasteiger partial charge in [-0.05, 0) is 181 Å². The van der Waals surface area contributed by atoms with E-state index in [4.69, 9.17) is 49.3 Å². The summed E-state index contributed by atoms with van der Waals surface area (Å²) in [4.78, 5) is 45.6. The van der Waals surface area contributed by atoms with Gasteiger partial charge in [-0.1, -0.05) is 358 Å². The van der Waals surface area contributed by atoms with Crippen molar-refractivity contribution in [2.24, 2.45) is 0 Å². The third-order valence-corrected chi connectivity index (χ3v) is 28.3. The van der Waals surface area contributed by atoms with Crippen molar-refractivity contribution in [3.8, 4) is 102 Å². The SMILES string of the molecule is c1ccc(-c2nc(-c3ccc4c(c3)sc3ccccc34)nc(-c3ccc4ccc5c6ccccc6ccc5c4c3)n2)cc1.c1ccc(-c2nc(-c3ccc4ccc5c6ccccc6ccc5c4c3)nc(-c3ccc4oc5ccccc5c4c3)n2)cc1.c1ccc2cc(-c3nc(-c4ccc5ccc6c7ccccc7ccc6c5c4)nc(-c4cccc5c4sc4ccccc45)n3)ccc2c1. The van der Waals surface area contributed by atoms with E-state index in [0.717, 1.165) is 77.4 Å². The van der Waals surface area contributed by atoms with Crippen LogP contribution in [-0.2, 0) is 0 Å². The van der Waals surface area contributed by atoms with Gasteiger partial charge in [-0.15, -0.1) is 22.7 Å². The van der Waals surface area contributed by atoms with Crippen LogP contribution in [0.5, 0.6) is 0 Å². The van der Waals surface area contributed by atoms with Gasteiger partial charge in [-0.2, -0.15) is 0 Å². The maximum absolute atomic E-state index is 6.08. The summed E-state index contributed by atoms with van der Waals surface area (Å²) in [6.07, 6.45) is 0. The predicted molar refractivity (Wildman–Crippen MR) is 557 cm³/mol. The molecule has 133 heavy (non-hydrogen) atoms. The lowest BCUT2D eigenvalue weighted by atomic mass is 9.96. The highest BCUT2D eigenvalue weighted by molar-refractivity contribution is 7.26. The van der Waals surface area contributed by atoms with Gasteiger partial charge in [-0.3, -0.25) is 0 Å². The molecular formula is C121H71N9OS2. The molecule has 12 heteroatoms. The van der Waals surface area contributed by atoms with Gasteiger partial charge >= 0.3 is 0 Å². The number of rotatable bonds is 9. The van der Waals surface area contributed by atoms with Gasteiger partial charge in [0.05, 0.1) is 0 Å². The zero-order valence-corrected chi connectivity index (χ0v) is 72.9. The summed E-state index contributed by atoms with van der Waals surface area (Å²) < 4.78 is 11.0. The molecule has 0 aliphatic heterocycles. The number of para-hydroxylation sites is 1. The van der Waals surface area contributed by atoms with Gasteiger partial charge in [0.1, 0.15) is 11.2 Å². The van der Waals surface area contributed by atoms with Gasteiger partial charge < -0.3 is 4.42 Å². The lowest BCUT2D eigenvalue weighted by Crippen LogP contribution is -2.00. The molecule has 10 nitrogen and oxygen atoms in total. The molecule has 0 spiro atoms. The second-order valence-electron chi connectivity index (χ2n) is 33.8. The van der Waals surface area contributed by atoms with E-state index in [1.165, 1.54) is 143 Å². The van der Waals surface area contributed by atoms with Crippen molar-refractivity contribution in [1.82, 2.24) is 44.9 Å². The van der Waals surface area contributed by atoms with Crippen LogP contribution in [0.3, 0.4) is 0 Å². The van der Waals surface area contributed by atoms with Crippen molar-refractivity contribution in [3.05, 3.63) is 431 Å². The molecule has 0 atom stereocenters. The molecule has 0 aliphatic carbocycles. The second kappa shape index (κ2) is 31.9. The molecule has 28 rings (SSSR count). The van der Waals surface area contributed by atoms with Crippen molar-refractivity contribution in [1.29, 1.82) is 0 Å². The maximum atomic E-state index is 6.08. The second-order valence-corrected chi connectivity index (χ2v) is 35.9. The van der Waals surface area contributed by atoms with Crippen molar-refractivity contribution >= 4 is 193 Å². The number of fused-ring (bicyclic) bond motifs is 25. The first kappa shape index (κ1) is 76.9. The number of thiophene rings is 2. The first-order chi connectivity index (χ1) is 65.8. The van der Waals surface area contributed by atoms with Gasteiger partial charge in [0.15, 0.2) is 52.4 Å². The Bertz CT molecular complexity index is 9640. The van der Waals surface area contributed by atoms with E-state index >= 15 is 0 Å². The summed E-state index contributed by atoms with van der Waals surface area (Å²) in [6, 6.07) is 151. The number of furan rings is 1. The van der Waals surface area contributed by atoms with E-state index in [9.17, 15) is 0 Å². The molecule has 0 fully saturated rings. The quantitative estimate of drug-likeness (QED) is 0.129. The van der Waals surface area contributed by atoms with E-state index < -0.39 is 0 Å². The highest BCUT2D eigenvalue weighted by Crippen LogP contribution is 2.45. The van der Waals surface area contributed by atoms with Crippen molar-refractivity contribution < 1.29 is 4.42 Å². The molecule has 6 aromatic heterocycles. The first-order valence-corrected chi connectivity index (χ1v) is 46.1. The molecule has 6 heterocycles. The minimum Gasteiger partial charge on any atom is -0.456 e. The fourth-order valence-electron chi connectivity index (χ4n) is 19.3. The van der Waals surface area contributed by atoms with E-state index in [-0.39, 0.29) is 0 Å². The molecule has 618 valence electrons. The Balaban J connectivity index is 0.000000104. The highest BCUT2D eigenvalue weighted by atomic mass is 32.1. The fourth-order valence-corrected chi connectivity index (χ4v) is 21.7. The van der Waals surface area contributed by atoms with Gasteiger partial charge in [0, 0.05) is 101 Å². The molecule has 0 aliphatic rings. The molecule has 0 saturated heterocycles. The van der Waals surface area contributed by atoms with E-state index in [1.807, 2.05) is 78.9 Å². The molecule has 0 radical (unpaired) electrons. The van der Waals surface area contributed by atoms with Gasteiger partial charge in [-0.25, -0.2) is 44.9 Å². The van der Waals surface area contributed by atoms with Crippen LogP contribution in [0.1, 0.15) is 0 Å². The largest absolute Gasteiger partial charge is 0.456 e. The molecule has 0 amide bonds. The Labute approximate surface area is 769 Å². The molecule has 0 unspecified atom stereocenters. The van der Waals surface area contributed by atoms with Gasteiger partial charge in [0.2, 0.25) is 0 Å². The van der Waals surface area contributed by atoms with Crippen LogP contribution in [0, 0.1) is 0 Å². The summed E-state index contributed by atoms with van der Waals surface area (Å²) >= 11 is 3.60. The van der Waals surface area contributed by atoms with Crippen molar-refractivity contribution in [3.63, 3.8) is 0 Å². The van der Waals surface area contributed by atoms with Crippen LogP contribution in [0.15, 0.2) is 435 Å². The Kier molecular flexibility index (Phi) is 18.4. The van der Waals surface area contributed by atoms with Crippen LogP contribution in [0.25, 0.3) is 272 Å². The van der Waals surface area contributed by atoms with Crippen LogP contribution in [0.2, 0.25) is 0 Å². The predicted octanol–water partition coefficient (Wildman–Crippen LogP) is 32.8. The normalized spacial score (nSPS) is 11.8. The fraction of sp³-hybridized carbons (Fsp3) is 0. The molecular weight excluding hydrogens is 1660 g/mol. The van der Waals surface area contributed by atoms with Gasteiger partial charge in [0.25, 0.3) is 0 Å². The lowest BCUT2D eigenvalue weighted by molar-refractivity contribution is 0.669. The number of benzene rings is 22. The highest BCUT2D eigenvalue weighted by Gasteiger charge is 2.23. The molecule has 0 N–H and O–H groups in total. The average molecular weight is 1730 g/mol. The van der Waals surface area contributed by atoms with E-state index in [0.29, 0.717) is 52.4 Å². The third-order valence-electron chi connectivity index (χ3n) is 25.9. The number of hydrogen-bond donors (Lipinski definition) is 0. The molecule has 0 saturated carbocycles. The molecule has 22 aromatic carbocycles. The standard InChI is InChI=1S/C43H25N3S.C39H23N3O.C39H23N3S/c1-2-10-29-24-30(18-16-26(29)8-1)41-44-42(46-43(45-41)37-14-7-13-36-35-12-5-6-15-39(35)47-40(36)37)31-19-17-28-21-22-33-32-11-4-3-9-27(32)20-23-34(33)38(28)25-31;1-2-9-26(10-3-1)37-40-38(42-39(41-37)28-18-21-36-34(23-28)32-12-6-7-13-35(32)43-36)27-15-14-25-17-19-30-29-11-5-4-8-24(29)16-20-31(30)33(25)22-27;1-2-9-26(10-3-1)37-40-38(42-39(41-37)28-18-21-33-32-12-6-7-13-35(32)43-36(33)23-28)27-15-14-25-17-19-30-29-11-5-4-8-24(29)16-20-31(30)34(25)22-27/h1-25H;2*1-23H. The molecule has 0 bridgehead atoms. The minimum absolute atomic E-state index is 0.625. The summed E-state index contributed by atoms with van der Waals surface area (Å²) in [7, 11) is 0. The molecule has 28 aromatic rings. The third kappa shape index (κ3) is 13.7. The lowest BCUT2D eigenvalue weighted by Gasteiger charge is -2.11. The Morgan fingerprint density at radius 3 is 0.917 bits per heavy atom. The van der Waals surface area contributed by atoms with Crippen LogP contribution in [-0.4, -0.2) is 44.9 Å². The van der Waals surface area contributed by atoms with Crippen molar-refractivity contribution in [2.75, 3.05) is 0 Å². The average Bonchev–Trinajstić information content (AvgIpc) is 1.60. The zero-order chi connectivity index (χ0) is 87.6. The van der Waals surface area contributed by atoms with Crippen LogP contribution >= 0.6 is 22.7 Å². The van der Waals surface area contributed by atoms with E-state index in [1.54, 1.807) is 22.7 Å². The monoisotopic (exact) mass is 1730 g/mol. The maximum Gasteiger partial charge on any atom is 0.165 e. The summed E-state index contributed by atoms with van der Waals surface area (Å²) in [5, 5.41) is 31.5. The summed E-state index contributed by atoms with van der Waals surface area (Å²) in [5.41, 5.74) is 10.4. The zero-order valence-electron chi connectivity index (χ0n) is 71.2. The van der Waals surface area contributed by atoms with Crippen LogP contribution < -0.4 is 0 Å². The Hall–Kier alpha value is -17.3. The first-order valence-electron chi connectivity index (χ1n) is 44.5. The van der Waals surface area contributed by atoms with Crippen molar-refractivity contribution in [2.45, 2.75) is 0 Å². The van der Waals surface area contributed by atoms with Crippen LogP contribution in [0.4, 0.5) is 0 Å². The Morgan fingerprint density at radius 2 is 0.436 bits per heavy atom. The number of aromatic nitrogens is 9.